The van der Waals surface area contributed by atoms with Crippen molar-refractivity contribution in [2.24, 2.45) is 5.73 Å². The van der Waals surface area contributed by atoms with Crippen molar-refractivity contribution in [3.63, 3.8) is 0 Å². The van der Waals surface area contributed by atoms with Gasteiger partial charge in [0.2, 0.25) is 10.0 Å². The first kappa shape index (κ1) is 13.2. The highest BCUT2D eigenvalue weighted by molar-refractivity contribution is 7.90. The second-order valence-corrected chi connectivity index (χ2v) is 4.54. The molecule has 0 aromatic rings. The largest absolute Gasteiger partial charge is 0.449 e. The van der Waals surface area contributed by atoms with Crippen LogP contribution in [0.4, 0.5) is 4.79 Å². The average Bonchev–Trinajstić information content (AvgIpc) is 2.03. The zero-order valence-electron chi connectivity index (χ0n) is 8.15. The molecule has 3 N–H and O–H groups in total. The van der Waals surface area contributed by atoms with Gasteiger partial charge in [0.05, 0.1) is 12.4 Å². The van der Waals surface area contributed by atoms with Gasteiger partial charge in [-0.2, -0.15) is 0 Å². The Morgan fingerprint density at radius 3 is 2.64 bits per heavy atom. The summed E-state index contributed by atoms with van der Waals surface area (Å²) in [7, 11) is -3.62. The summed E-state index contributed by atoms with van der Waals surface area (Å²) in [5, 5.41) is 0. The summed E-state index contributed by atoms with van der Waals surface area (Å²) in [4.78, 5) is 10.9. The SMILES string of the molecule is CCCCOC(=O)NS(=O)(=O)CCN. The van der Waals surface area contributed by atoms with Crippen molar-refractivity contribution in [2.45, 2.75) is 19.8 Å². The number of hydrogen-bond donors (Lipinski definition) is 2. The third-order valence-electron chi connectivity index (χ3n) is 1.36. The van der Waals surface area contributed by atoms with E-state index in [2.05, 4.69) is 4.74 Å². The number of amides is 1. The summed E-state index contributed by atoms with van der Waals surface area (Å²) in [6.07, 6.45) is 0.652. The van der Waals surface area contributed by atoms with Gasteiger partial charge in [-0.15, -0.1) is 0 Å². The summed E-state index contributed by atoms with van der Waals surface area (Å²) < 4.78 is 28.3. The van der Waals surface area contributed by atoms with E-state index < -0.39 is 16.1 Å². The van der Waals surface area contributed by atoms with Crippen LogP contribution in [0.5, 0.6) is 0 Å². The van der Waals surface area contributed by atoms with Crippen LogP contribution in [0.3, 0.4) is 0 Å². The number of hydrogen-bond acceptors (Lipinski definition) is 5. The summed E-state index contributed by atoms with van der Waals surface area (Å²) in [5.41, 5.74) is 5.04. The maximum absolute atomic E-state index is 11.0. The van der Waals surface area contributed by atoms with Crippen LogP contribution < -0.4 is 10.5 Å². The predicted octanol–water partition coefficient (Wildman–Crippen LogP) is -0.199. The monoisotopic (exact) mass is 224 g/mol. The standard InChI is InChI=1S/C7H16N2O4S/c1-2-3-5-13-7(10)9-14(11,12)6-4-8/h2-6,8H2,1H3,(H,9,10). The van der Waals surface area contributed by atoms with Crippen molar-refractivity contribution >= 4 is 16.1 Å². The number of unbranched alkanes of at least 4 members (excludes halogenated alkanes) is 1. The van der Waals surface area contributed by atoms with E-state index in [0.717, 1.165) is 6.42 Å². The van der Waals surface area contributed by atoms with Crippen LogP contribution in [0.2, 0.25) is 0 Å². The minimum Gasteiger partial charge on any atom is -0.449 e. The van der Waals surface area contributed by atoms with Crippen LogP contribution in [0.1, 0.15) is 19.8 Å². The van der Waals surface area contributed by atoms with E-state index in [9.17, 15) is 13.2 Å². The Bertz CT molecular complexity index is 263. The van der Waals surface area contributed by atoms with Crippen molar-refractivity contribution in [1.29, 1.82) is 0 Å². The molecule has 6 nitrogen and oxygen atoms in total. The smallest absolute Gasteiger partial charge is 0.420 e. The van der Waals surface area contributed by atoms with E-state index in [-0.39, 0.29) is 18.9 Å². The van der Waals surface area contributed by atoms with Crippen LogP contribution in [-0.4, -0.2) is 33.4 Å². The number of nitrogens with one attached hydrogen (secondary N) is 1. The molecular formula is C7H16N2O4S. The molecule has 0 rings (SSSR count). The number of nitrogens with two attached hydrogens (primary N) is 1. The van der Waals surface area contributed by atoms with Crippen molar-refractivity contribution < 1.29 is 17.9 Å². The Morgan fingerprint density at radius 2 is 2.14 bits per heavy atom. The van der Waals surface area contributed by atoms with E-state index in [1.165, 1.54) is 0 Å². The van der Waals surface area contributed by atoms with Gasteiger partial charge in [-0.05, 0) is 6.42 Å². The Morgan fingerprint density at radius 1 is 1.50 bits per heavy atom. The fourth-order valence-electron chi connectivity index (χ4n) is 0.672. The van der Waals surface area contributed by atoms with Gasteiger partial charge in [-0.25, -0.2) is 17.9 Å². The van der Waals surface area contributed by atoms with Gasteiger partial charge in [-0.1, -0.05) is 13.3 Å². The number of ether oxygens (including phenoxy) is 1. The van der Waals surface area contributed by atoms with Crippen molar-refractivity contribution in [3.05, 3.63) is 0 Å². The lowest BCUT2D eigenvalue weighted by Gasteiger charge is -2.06. The fourth-order valence-corrected chi connectivity index (χ4v) is 1.40. The molecule has 0 aliphatic carbocycles. The summed E-state index contributed by atoms with van der Waals surface area (Å²) in [5.74, 6) is -0.282. The van der Waals surface area contributed by atoms with E-state index >= 15 is 0 Å². The molecule has 0 bridgehead atoms. The highest BCUT2D eigenvalue weighted by Crippen LogP contribution is 1.90. The van der Waals surface area contributed by atoms with Crippen molar-refractivity contribution in [3.8, 4) is 0 Å². The molecule has 0 radical (unpaired) electrons. The lowest BCUT2D eigenvalue weighted by molar-refractivity contribution is 0.151. The maximum atomic E-state index is 11.0. The summed E-state index contributed by atoms with van der Waals surface area (Å²) >= 11 is 0. The van der Waals surface area contributed by atoms with Gasteiger partial charge < -0.3 is 10.5 Å². The first-order valence-corrected chi connectivity index (χ1v) is 6.04. The second-order valence-electron chi connectivity index (χ2n) is 2.70. The van der Waals surface area contributed by atoms with Gasteiger partial charge in [0, 0.05) is 6.54 Å². The van der Waals surface area contributed by atoms with Crippen LogP contribution >= 0.6 is 0 Å². The average molecular weight is 224 g/mol. The zero-order chi connectivity index (χ0) is 11.0. The number of carbonyl (C=O) groups excluding carboxylic acids is 1. The first-order valence-electron chi connectivity index (χ1n) is 4.39. The van der Waals surface area contributed by atoms with Gasteiger partial charge in [0.1, 0.15) is 0 Å². The van der Waals surface area contributed by atoms with Gasteiger partial charge >= 0.3 is 6.09 Å². The minimum absolute atomic E-state index is 0.0302. The summed E-state index contributed by atoms with van der Waals surface area (Å²) in [6.45, 7) is 2.13. The molecule has 0 atom stereocenters. The topological polar surface area (TPSA) is 98.5 Å². The maximum Gasteiger partial charge on any atom is 0.420 e. The molecule has 0 saturated carbocycles. The normalized spacial score (nSPS) is 11.0. The molecule has 0 heterocycles. The van der Waals surface area contributed by atoms with Crippen LogP contribution in [0.15, 0.2) is 0 Å². The lowest BCUT2D eigenvalue weighted by Crippen LogP contribution is -2.35. The first-order chi connectivity index (χ1) is 6.52. The molecule has 0 aromatic heterocycles. The predicted molar refractivity (Wildman–Crippen MR) is 52.2 cm³/mol. The second kappa shape index (κ2) is 6.61. The van der Waals surface area contributed by atoms with Crippen molar-refractivity contribution in [1.82, 2.24) is 4.72 Å². The summed E-state index contributed by atoms with van der Waals surface area (Å²) in [6, 6.07) is 0. The Labute approximate surface area is 83.9 Å². The highest BCUT2D eigenvalue weighted by atomic mass is 32.2. The van der Waals surface area contributed by atoms with E-state index in [1.807, 2.05) is 6.92 Å². The van der Waals surface area contributed by atoms with Gasteiger partial charge in [0.25, 0.3) is 0 Å². The molecule has 0 fully saturated rings. The van der Waals surface area contributed by atoms with E-state index in [0.29, 0.717) is 6.42 Å². The minimum atomic E-state index is -3.62. The number of sulfonamides is 1. The molecule has 0 aliphatic rings. The lowest BCUT2D eigenvalue weighted by atomic mass is 10.4. The Kier molecular flexibility index (Phi) is 6.22. The van der Waals surface area contributed by atoms with Gasteiger partial charge in [-0.3, -0.25) is 0 Å². The van der Waals surface area contributed by atoms with E-state index in [4.69, 9.17) is 5.73 Å². The molecule has 0 aliphatic heterocycles. The van der Waals surface area contributed by atoms with Crippen LogP contribution in [0.25, 0.3) is 0 Å². The zero-order valence-corrected chi connectivity index (χ0v) is 8.97. The Balaban J connectivity index is 3.82. The third kappa shape index (κ3) is 6.67. The number of carbonyl (C=O) groups is 1. The molecule has 1 amide bonds. The van der Waals surface area contributed by atoms with Gasteiger partial charge in [0.15, 0.2) is 0 Å². The molecule has 7 heteroatoms. The van der Waals surface area contributed by atoms with Crippen LogP contribution in [0, 0.1) is 0 Å². The third-order valence-corrected chi connectivity index (χ3v) is 2.61. The quantitative estimate of drug-likeness (QED) is 0.609. The number of rotatable bonds is 6. The molecule has 0 unspecified atom stereocenters. The van der Waals surface area contributed by atoms with Crippen LogP contribution in [-0.2, 0) is 14.8 Å². The fraction of sp³-hybridized carbons (Fsp3) is 0.857. The highest BCUT2D eigenvalue weighted by Gasteiger charge is 2.13. The molecule has 84 valence electrons. The van der Waals surface area contributed by atoms with Crippen molar-refractivity contribution in [2.75, 3.05) is 18.9 Å². The molecule has 0 spiro atoms. The molecule has 14 heavy (non-hydrogen) atoms. The van der Waals surface area contributed by atoms with E-state index in [1.54, 1.807) is 4.72 Å². The molecular weight excluding hydrogens is 208 g/mol. The Hall–Kier alpha value is -0.820. The molecule has 0 aromatic carbocycles. The molecule has 0 saturated heterocycles.